The summed E-state index contributed by atoms with van der Waals surface area (Å²) in [6, 6.07) is 16.4. The molecule has 2 rings (SSSR count). The average molecular weight is 326 g/mol. The van der Waals surface area contributed by atoms with Gasteiger partial charge in [0, 0.05) is 19.5 Å². The summed E-state index contributed by atoms with van der Waals surface area (Å²) in [4.78, 5) is 14.0. The topological polar surface area (TPSA) is 55.6 Å². The van der Waals surface area contributed by atoms with Crippen LogP contribution in [0.4, 0.5) is 0 Å². The number of methoxy groups -OCH3 is 1. The van der Waals surface area contributed by atoms with E-state index in [0.717, 1.165) is 22.4 Å². The highest BCUT2D eigenvalue weighted by molar-refractivity contribution is 5.77. The minimum Gasteiger partial charge on any atom is -0.497 e. The number of hydrogen-bond donors (Lipinski definition) is 1. The summed E-state index contributed by atoms with van der Waals surface area (Å²) in [5, 5.41) is 0. The molecular formula is C20H26N2O2. The molecule has 0 radical (unpaired) electrons. The van der Waals surface area contributed by atoms with E-state index < -0.39 is 0 Å². The van der Waals surface area contributed by atoms with Crippen molar-refractivity contribution in [3.05, 3.63) is 54.1 Å². The lowest BCUT2D eigenvalue weighted by Crippen LogP contribution is -2.34. The summed E-state index contributed by atoms with van der Waals surface area (Å²) in [5.41, 5.74) is 8.87. The van der Waals surface area contributed by atoms with Crippen molar-refractivity contribution in [3.8, 4) is 16.9 Å². The lowest BCUT2D eigenvalue weighted by atomic mass is 10.0. The Kier molecular flexibility index (Phi) is 6.38. The molecule has 1 atom stereocenters. The normalized spacial score (nSPS) is 11.8. The molecule has 0 saturated heterocycles. The van der Waals surface area contributed by atoms with Crippen molar-refractivity contribution >= 4 is 5.91 Å². The first kappa shape index (κ1) is 18.0. The van der Waals surface area contributed by atoms with E-state index in [1.54, 1.807) is 7.11 Å². The molecule has 128 valence electrons. The zero-order valence-corrected chi connectivity index (χ0v) is 14.7. The Bertz CT molecular complexity index is 668. The zero-order valence-electron chi connectivity index (χ0n) is 14.7. The van der Waals surface area contributed by atoms with E-state index in [-0.39, 0.29) is 11.9 Å². The molecule has 24 heavy (non-hydrogen) atoms. The quantitative estimate of drug-likeness (QED) is 0.845. The van der Waals surface area contributed by atoms with Crippen LogP contribution in [0.25, 0.3) is 11.1 Å². The van der Waals surface area contributed by atoms with Crippen molar-refractivity contribution in [3.63, 3.8) is 0 Å². The fraction of sp³-hybridized carbons (Fsp3) is 0.350. The maximum absolute atomic E-state index is 12.2. The van der Waals surface area contributed by atoms with Crippen LogP contribution in [-0.4, -0.2) is 31.0 Å². The van der Waals surface area contributed by atoms with Gasteiger partial charge in [-0.3, -0.25) is 4.79 Å². The molecule has 0 aromatic heterocycles. The molecule has 2 N–H and O–H groups in total. The molecule has 0 aliphatic carbocycles. The number of rotatable bonds is 7. The molecule has 0 bridgehead atoms. The van der Waals surface area contributed by atoms with Gasteiger partial charge in [0.25, 0.3) is 0 Å². The summed E-state index contributed by atoms with van der Waals surface area (Å²) in [5.74, 6) is 0.943. The number of ether oxygens (including phenoxy) is 1. The Labute approximate surface area is 144 Å². The highest BCUT2D eigenvalue weighted by atomic mass is 16.5. The average Bonchev–Trinajstić information content (AvgIpc) is 2.62. The van der Waals surface area contributed by atoms with Gasteiger partial charge < -0.3 is 15.4 Å². The van der Waals surface area contributed by atoms with Crippen LogP contribution in [0.2, 0.25) is 0 Å². The van der Waals surface area contributed by atoms with Gasteiger partial charge in [-0.05, 0) is 42.7 Å². The van der Waals surface area contributed by atoms with Gasteiger partial charge in [-0.1, -0.05) is 36.4 Å². The molecule has 1 unspecified atom stereocenters. The molecule has 2 aromatic rings. The summed E-state index contributed by atoms with van der Waals surface area (Å²) < 4.78 is 5.28. The predicted molar refractivity (Wildman–Crippen MR) is 97.9 cm³/mol. The molecule has 4 nitrogen and oxygen atoms in total. The second kappa shape index (κ2) is 8.50. The van der Waals surface area contributed by atoms with E-state index in [2.05, 4.69) is 37.3 Å². The fourth-order valence-electron chi connectivity index (χ4n) is 2.87. The third-order valence-corrected chi connectivity index (χ3v) is 4.28. The highest BCUT2D eigenvalue weighted by Crippen LogP contribution is 2.27. The Morgan fingerprint density at radius 3 is 2.46 bits per heavy atom. The molecule has 0 aliphatic heterocycles. The number of carbonyl (C=O) groups is 1. The Morgan fingerprint density at radius 1 is 1.17 bits per heavy atom. The summed E-state index contributed by atoms with van der Waals surface area (Å²) >= 11 is 0. The van der Waals surface area contributed by atoms with Gasteiger partial charge in [-0.2, -0.15) is 0 Å². The van der Waals surface area contributed by atoms with Gasteiger partial charge in [0.15, 0.2) is 0 Å². The van der Waals surface area contributed by atoms with Crippen LogP contribution in [-0.2, 0) is 4.79 Å². The van der Waals surface area contributed by atoms with Crippen LogP contribution < -0.4 is 10.5 Å². The summed E-state index contributed by atoms with van der Waals surface area (Å²) in [7, 11) is 1.67. The first-order valence-corrected chi connectivity index (χ1v) is 8.34. The Morgan fingerprint density at radius 2 is 1.88 bits per heavy atom. The van der Waals surface area contributed by atoms with Crippen molar-refractivity contribution in [2.75, 3.05) is 20.2 Å². The number of amides is 1. The monoisotopic (exact) mass is 326 g/mol. The van der Waals surface area contributed by atoms with Crippen LogP contribution in [0.5, 0.6) is 5.75 Å². The third kappa shape index (κ3) is 4.15. The number of carbonyl (C=O) groups excluding carboxylic acids is 1. The van der Waals surface area contributed by atoms with E-state index in [9.17, 15) is 4.79 Å². The SMILES string of the molecule is CCN(C(=O)CCN)C(C)c1ccc(-c2cccc(OC)c2)cc1. The van der Waals surface area contributed by atoms with Crippen molar-refractivity contribution < 1.29 is 9.53 Å². The second-order valence-electron chi connectivity index (χ2n) is 5.75. The van der Waals surface area contributed by atoms with Crippen LogP contribution in [0.15, 0.2) is 48.5 Å². The van der Waals surface area contributed by atoms with Gasteiger partial charge in [-0.25, -0.2) is 0 Å². The molecule has 2 aromatic carbocycles. The largest absolute Gasteiger partial charge is 0.497 e. The van der Waals surface area contributed by atoms with Gasteiger partial charge in [-0.15, -0.1) is 0 Å². The maximum atomic E-state index is 12.2. The molecule has 0 heterocycles. The predicted octanol–water partition coefficient (Wildman–Crippen LogP) is 3.62. The van der Waals surface area contributed by atoms with Crippen molar-refractivity contribution in [2.24, 2.45) is 5.73 Å². The number of benzene rings is 2. The van der Waals surface area contributed by atoms with Gasteiger partial charge in [0.2, 0.25) is 5.91 Å². The minimum atomic E-state index is 0.0356. The van der Waals surface area contributed by atoms with Crippen LogP contribution in [0.3, 0.4) is 0 Å². The molecule has 0 saturated carbocycles. The lowest BCUT2D eigenvalue weighted by molar-refractivity contribution is -0.132. The molecule has 0 fully saturated rings. The standard InChI is InChI=1S/C20H26N2O2/c1-4-22(20(23)12-13-21)15(2)16-8-10-17(11-9-16)18-6-5-7-19(14-18)24-3/h5-11,14-15H,4,12-13,21H2,1-3H3. The first-order chi connectivity index (χ1) is 11.6. The van der Waals surface area contributed by atoms with E-state index in [0.29, 0.717) is 19.5 Å². The smallest absolute Gasteiger partial charge is 0.224 e. The summed E-state index contributed by atoms with van der Waals surface area (Å²) in [6.07, 6.45) is 0.389. The van der Waals surface area contributed by atoms with E-state index in [1.165, 1.54) is 0 Å². The van der Waals surface area contributed by atoms with Gasteiger partial charge in [0.1, 0.15) is 5.75 Å². The number of nitrogens with zero attached hydrogens (tertiary/aromatic N) is 1. The Balaban J connectivity index is 2.20. The van der Waals surface area contributed by atoms with Gasteiger partial charge in [0.05, 0.1) is 13.2 Å². The van der Waals surface area contributed by atoms with Crippen LogP contribution in [0.1, 0.15) is 31.9 Å². The lowest BCUT2D eigenvalue weighted by Gasteiger charge is -2.28. The fourth-order valence-corrected chi connectivity index (χ4v) is 2.87. The van der Waals surface area contributed by atoms with Gasteiger partial charge >= 0.3 is 0 Å². The highest BCUT2D eigenvalue weighted by Gasteiger charge is 2.19. The van der Waals surface area contributed by atoms with E-state index in [4.69, 9.17) is 10.5 Å². The number of hydrogen-bond acceptors (Lipinski definition) is 3. The van der Waals surface area contributed by atoms with E-state index in [1.807, 2.05) is 30.0 Å². The molecule has 4 heteroatoms. The van der Waals surface area contributed by atoms with Crippen molar-refractivity contribution in [1.29, 1.82) is 0 Å². The number of nitrogens with two attached hydrogens (primary N) is 1. The summed E-state index contributed by atoms with van der Waals surface area (Å²) in [6.45, 7) is 5.11. The van der Waals surface area contributed by atoms with Crippen molar-refractivity contribution in [1.82, 2.24) is 4.90 Å². The molecule has 0 aliphatic rings. The molecule has 0 spiro atoms. The maximum Gasteiger partial charge on any atom is 0.224 e. The minimum absolute atomic E-state index is 0.0356. The molecular weight excluding hydrogens is 300 g/mol. The van der Waals surface area contributed by atoms with E-state index >= 15 is 0 Å². The van der Waals surface area contributed by atoms with Crippen molar-refractivity contribution in [2.45, 2.75) is 26.3 Å². The third-order valence-electron chi connectivity index (χ3n) is 4.28. The second-order valence-corrected chi connectivity index (χ2v) is 5.75. The van der Waals surface area contributed by atoms with Crippen LogP contribution in [0, 0.1) is 0 Å². The van der Waals surface area contributed by atoms with Crippen LogP contribution >= 0.6 is 0 Å². The first-order valence-electron chi connectivity index (χ1n) is 8.34. The molecule has 1 amide bonds. The Hall–Kier alpha value is -2.33. The zero-order chi connectivity index (χ0) is 17.5.